The topological polar surface area (TPSA) is 55.5 Å². The normalized spacial score (nSPS) is 11.5. The van der Waals surface area contributed by atoms with Gasteiger partial charge in [0.15, 0.2) is 5.43 Å². The summed E-state index contributed by atoms with van der Waals surface area (Å²) >= 11 is 0. The Hall–Kier alpha value is -2.51. The van der Waals surface area contributed by atoms with E-state index in [-0.39, 0.29) is 17.9 Å². The third-order valence-electron chi connectivity index (χ3n) is 2.87. The number of amides is 1. The maximum Gasteiger partial charge on any atom is 0.406 e. The number of furan rings is 1. The number of aryl methyl sites for hydroxylation is 1. The lowest BCUT2D eigenvalue weighted by Gasteiger charge is -2.23. The van der Waals surface area contributed by atoms with Gasteiger partial charge >= 0.3 is 6.18 Å². The largest absolute Gasteiger partial charge is 0.467 e. The van der Waals surface area contributed by atoms with E-state index in [1.54, 1.807) is 7.05 Å². The zero-order chi connectivity index (χ0) is 16.3. The van der Waals surface area contributed by atoms with Crippen LogP contribution in [0.1, 0.15) is 16.1 Å². The number of alkyl halides is 3. The molecule has 2 rings (SSSR count). The number of carbonyl (C=O) groups excluding carboxylic acids is 1. The Morgan fingerprint density at radius 1 is 1.36 bits per heavy atom. The van der Waals surface area contributed by atoms with Gasteiger partial charge in [0.1, 0.15) is 17.9 Å². The SMILES string of the molecule is Cn1ccc(=O)c(C(=O)N(Cc2ccco2)CC(F)(F)F)c1. The number of hydrogen-bond donors (Lipinski definition) is 0. The van der Waals surface area contributed by atoms with E-state index < -0.39 is 24.1 Å². The number of hydrogen-bond acceptors (Lipinski definition) is 3. The Morgan fingerprint density at radius 3 is 2.68 bits per heavy atom. The van der Waals surface area contributed by atoms with Crippen LogP contribution >= 0.6 is 0 Å². The third kappa shape index (κ3) is 4.00. The second kappa shape index (κ2) is 6.08. The second-order valence-corrected chi connectivity index (χ2v) is 4.74. The van der Waals surface area contributed by atoms with E-state index >= 15 is 0 Å². The fourth-order valence-electron chi connectivity index (χ4n) is 1.92. The Balaban J connectivity index is 2.32. The third-order valence-corrected chi connectivity index (χ3v) is 2.87. The molecule has 1 amide bonds. The van der Waals surface area contributed by atoms with Gasteiger partial charge < -0.3 is 13.9 Å². The quantitative estimate of drug-likeness (QED) is 0.869. The lowest BCUT2D eigenvalue weighted by molar-refractivity contribution is -0.142. The number of carbonyl (C=O) groups is 1. The van der Waals surface area contributed by atoms with Crippen molar-refractivity contribution in [2.75, 3.05) is 6.54 Å². The van der Waals surface area contributed by atoms with Crippen molar-refractivity contribution in [1.82, 2.24) is 9.47 Å². The smallest absolute Gasteiger partial charge is 0.406 e. The average Bonchev–Trinajstić information content (AvgIpc) is 2.91. The first-order valence-corrected chi connectivity index (χ1v) is 6.31. The Bertz CT molecular complexity index is 705. The molecule has 0 aliphatic rings. The van der Waals surface area contributed by atoms with E-state index in [0.29, 0.717) is 4.90 Å². The number of halogens is 3. The highest BCUT2D eigenvalue weighted by Gasteiger charge is 2.34. The van der Waals surface area contributed by atoms with Crippen LogP contribution in [-0.2, 0) is 13.6 Å². The summed E-state index contributed by atoms with van der Waals surface area (Å²) in [4.78, 5) is 24.5. The molecule has 2 aromatic rings. The molecule has 2 aromatic heterocycles. The highest BCUT2D eigenvalue weighted by molar-refractivity contribution is 5.93. The fourth-order valence-corrected chi connectivity index (χ4v) is 1.92. The predicted molar refractivity (Wildman–Crippen MR) is 71.2 cm³/mol. The first-order valence-electron chi connectivity index (χ1n) is 6.31. The van der Waals surface area contributed by atoms with Crippen molar-refractivity contribution in [2.45, 2.75) is 12.7 Å². The summed E-state index contributed by atoms with van der Waals surface area (Å²) < 4.78 is 44.4. The van der Waals surface area contributed by atoms with Gasteiger partial charge in [-0.05, 0) is 12.1 Å². The molecule has 0 saturated heterocycles. The van der Waals surface area contributed by atoms with Gasteiger partial charge in [-0.15, -0.1) is 0 Å². The highest BCUT2D eigenvalue weighted by Crippen LogP contribution is 2.19. The molecule has 0 spiro atoms. The van der Waals surface area contributed by atoms with Gasteiger partial charge in [0.25, 0.3) is 5.91 Å². The van der Waals surface area contributed by atoms with Crippen molar-refractivity contribution >= 4 is 5.91 Å². The molecule has 0 aliphatic carbocycles. The molecule has 0 radical (unpaired) electrons. The molecule has 0 aliphatic heterocycles. The van der Waals surface area contributed by atoms with Crippen molar-refractivity contribution in [3.63, 3.8) is 0 Å². The Morgan fingerprint density at radius 2 is 2.09 bits per heavy atom. The molecular formula is C14H13F3N2O3. The number of nitrogens with zero attached hydrogens (tertiary/aromatic N) is 2. The molecule has 118 valence electrons. The summed E-state index contributed by atoms with van der Waals surface area (Å²) in [6.45, 7) is -1.84. The maximum atomic E-state index is 12.7. The van der Waals surface area contributed by atoms with Gasteiger partial charge in [-0.1, -0.05) is 0 Å². The van der Waals surface area contributed by atoms with Crippen LogP contribution in [0.5, 0.6) is 0 Å². The summed E-state index contributed by atoms with van der Waals surface area (Å²) in [7, 11) is 1.57. The number of rotatable bonds is 4. The molecular weight excluding hydrogens is 301 g/mol. The van der Waals surface area contributed by atoms with Crippen LogP contribution in [0.25, 0.3) is 0 Å². The fraction of sp³-hybridized carbons (Fsp3) is 0.286. The molecule has 0 aromatic carbocycles. The summed E-state index contributed by atoms with van der Waals surface area (Å²) in [6.07, 6.45) is -0.661. The van der Waals surface area contributed by atoms with Gasteiger partial charge in [-0.3, -0.25) is 9.59 Å². The van der Waals surface area contributed by atoms with Crippen molar-refractivity contribution in [3.05, 3.63) is 58.4 Å². The first-order chi connectivity index (χ1) is 10.3. The van der Waals surface area contributed by atoms with Gasteiger partial charge in [0.2, 0.25) is 0 Å². The van der Waals surface area contributed by atoms with Gasteiger partial charge in [0, 0.05) is 25.5 Å². The van der Waals surface area contributed by atoms with E-state index in [1.165, 1.54) is 35.4 Å². The van der Waals surface area contributed by atoms with Crippen LogP contribution in [-0.4, -0.2) is 28.1 Å². The van der Waals surface area contributed by atoms with Crippen molar-refractivity contribution < 1.29 is 22.4 Å². The summed E-state index contributed by atoms with van der Waals surface area (Å²) in [5, 5.41) is 0. The highest BCUT2D eigenvalue weighted by atomic mass is 19.4. The number of aromatic nitrogens is 1. The molecule has 0 N–H and O–H groups in total. The van der Waals surface area contributed by atoms with E-state index in [1.807, 2.05) is 0 Å². The maximum absolute atomic E-state index is 12.7. The predicted octanol–water partition coefficient (Wildman–Crippen LogP) is 2.18. The van der Waals surface area contributed by atoms with Crippen LogP contribution in [0.2, 0.25) is 0 Å². The minimum absolute atomic E-state index is 0.199. The summed E-state index contributed by atoms with van der Waals surface area (Å²) in [5.74, 6) is -0.791. The molecule has 0 bridgehead atoms. The standard InChI is InChI=1S/C14H13F3N2O3/c1-18-5-4-12(20)11(8-18)13(21)19(9-14(15,16)17)7-10-3-2-6-22-10/h2-6,8H,7,9H2,1H3. The van der Waals surface area contributed by atoms with Gasteiger partial charge in [0.05, 0.1) is 12.8 Å². The molecule has 0 saturated carbocycles. The van der Waals surface area contributed by atoms with Crippen LogP contribution in [0.4, 0.5) is 13.2 Å². The number of pyridine rings is 1. The lowest BCUT2D eigenvalue weighted by atomic mass is 10.2. The van der Waals surface area contributed by atoms with Gasteiger partial charge in [-0.25, -0.2) is 0 Å². The van der Waals surface area contributed by atoms with Gasteiger partial charge in [-0.2, -0.15) is 13.2 Å². The zero-order valence-corrected chi connectivity index (χ0v) is 11.6. The second-order valence-electron chi connectivity index (χ2n) is 4.74. The summed E-state index contributed by atoms with van der Waals surface area (Å²) in [5.41, 5.74) is -0.949. The molecule has 0 atom stereocenters. The van der Waals surface area contributed by atoms with Crippen molar-refractivity contribution in [3.8, 4) is 0 Å². The molecule has 0 unspecified atom stereocenters. The Labute approximate surface area is 123 Å². The van der Waals surface area contributed by atoms with Crippen molar-refractivity contribution in [2.24, 2.45) is 7.05 Å². The zero-order valence-electron chi connectivity index (χ0n) is 11.6. The minimum atomic E-state index is -4.58. The van der Waals surface area contributed by atoms with Crippen LogP contribution in [0, 0.1) is 0 Å². The van der Waals surface area contributed by atoms with E-state index in [4.69, 9.17) is 4.42 Å². The molecule has 2 heterocycles. The molecule has 22 heavy (non-hydrogen) atoms. The van der Waals surface area contributed by atoms with E-state index in [9.17, 15) is 22.8 Å². The molecule has 8 heteroatoms. The van der Waals surface area contributed by atoms with Crippen LogP contribution < -0.4 is 5.43 Å². The van der Waals surface area contributed by atoms with Crippen molar-refractivity contribution in [1.29, 1.82) is 0 Å². The minimum Gasteiger partial charge on any atom is -0.467 e. The molecule has 0 fully saturated rings. The molecule has 5 nitrogen and oxygen atoms in total. The van der Waals surface area contributed by atoms with Crippen LogP contribution in [0.3, 0.4) is 0 Å². The first kappa shape index (κ1) is 15.9. The van der Waals surface area contributed by atoms with E-state index in [2.05, 4.69) is 0 Å². The van der Waals surface area contributed by atoms with Crippen LogP contribution in [0.15, 0.2) is 46.1 Å². The summed E-state index contributed by atoms with van der Waals surface area (Å²) in [6, 6.07) is 4.10. The lowest BCUT2D eigenvalue weighted by Crippen LogP contribution is -2.40. The Kier molecular flexibility index (Phi) is 4.39. The van der Waals surface area contributed by atoms with E-state index in [0.717, 1.165) is 6.07 Å². The average molecular weight is 314 g/mol. The monoisotopic (exact) mass is 314 g/mol.